The molecule has 0 radical (unpaired) electrons. The van der Waals surface area contributed by atoms with Crippen LogP contribution >= 0.6 is 0 Å². The number of urea groups is 1. The molecular weight excluding hydrogens is 270 g/mol. The molecule has 1 aromatic rings. The van der Waals surface area contributed by atoms with Crippen molar-refractivity contribution in [1.82, 2.24) is 10.2 Å². The fourth-order valence-electron chi connectivity index (χ4n) is 1.84. The lowest BCUT2D eigenvalue weighted by molar-refractivity contribution is -0.137. The molecule has 0 aromatic heterocycles. The molecule has 5 nitrogen and oxygen atoms in total. The lowest BCUT2D eigenvalue weighted by atomic mass is 10.2. The van der Waals surface area contributed by atoms with Crippen molar-refractivity contribution in [3.05, 3.63) is 35.4 Å². The first kappa shape index (κ1) is 14.2. The molecule has 0 bridgehead atoms. The van der Waals surface area contributed by atoms with Crippen LogP contribution < -0.4 is 5.32 Å². The highest BCUT2D eigenvalue weighted by Crippen LogP contribution is 2.26. The van der Waals surface area contributed by atoms with Crippen LogP contribution in [-0.2, 0) is 11.3 Å². The maximum atomic E-state index is 13.4. The summed E-state index contributed by atoms with van der Waals surface area (Å²) in [6, 6.07) is 2.45. The molecule has 2 rings (SSSR count). The number of hydrogen-bond acceptors (Lipinski definition) is 2. The smallest absolute Gasteiger partial charge is 0.323 e. The number of carboxylic acid groups (broad SMARTS) is 1. The Morgan fingerprint density at radius 3 is 2.60 bits per heavy atom. The van der Waals surface area contributed by atoms with Crippen LogP contribution in [0, 0.1) is 11.6 Å². The average molecular weight is 284 g/mol. The van der Waals surface area contributed by atoms with Crippen molar-refractivity contribution in [2.75, 3.05) is 6.54 Å². The van der Waals surface area contributed by atoms with Gasteiger partial charge in [-0.2, -0.15) is 0 Å². The minimum absolute atomic E-state index is 0.0656. The summed E-state index contributed by atoms with van der Waals surface area (Å²) in [5.41, 5.74) is 0.144. The van der Waals surface area contributed by atoms with Gasteiger partial charge >= 0.3 is 12.0 Å². The van der Waals surface area contributed by atoms with Gasteiger partial charge in [0.25, 0.3) is 0 Å². The molecule has 2 N–H and O–H groups in total. The molecule has 108 valence electrons. The summed E-state index contributed by atoms with van der Waals surface area (Å²) in [5.74, 6) is -2.54. The first-order chi connectivity index (χ1) is 9.47. The molecule has 1 saturated carbocycles. The monoisotopic (exact) mass is 284 g/mol. The van der Waals surface area contributed by atoms with Gasteiger partial charge in [0, 0.05) is 24.2 Å². The first-order valence-electron chi connectivity index (χ1n) is 6.17. The standard InChI is InChI=1S/C13H14F2N2O3/c14-9-2-1-8(11(15)5-9)6-16-13(20)17(7-12(18)19)10-3-4-10/h1-2,5,10H,3-4,6-7H2,(H,16,20)(H,18,19). The summed E-state index contributed by atoms with van der Waals surface area (Å²) in [5, 5.41) is 11.2. The summed E-state index contributed by atoms with van der Waals surface area (Å²) in [4.78, 5) is 23.8. The third kappa shape index (κ3) is 3.66. The van der Waals surface area contributed by atoms with E-state index in [1.807, 2.05) is 0 Å². The Labute approximate surface area is 114 Å². The van der Waals surface area contributed by atoms with Gasteiger partial charge in [0.1, 0.15) is 18.2 Å². The van der Waals surface area contributed by atoms with E-state index in [0.29, 0.717) is 0 Å². The second kappa shape index (κ2) is 5.85. The fourth-order valence-corrected chi connectivity index (χ4v) is 1.84. The number of nitrogens with one attached hydrogen (secondary N) is 1. The number of aliphatic carboxylic acids is 1. The van der Waals surface area contributed by atoms with Gasteiger partial charge in [0.2, 0.25) is 0 Å². The van der Waals surface area contributed by atoms with Gasteiger partial charge in [-0.1, -0.05) is 6.07 Å². The zero-order valence-corrected chi connectivity index (χ0v) is 10.6. The number of amides is 2. The molecule has 20 heavy (non-hydrogen) atoms. The van der Waals surface area contributed by atoms with Crippen molar-refractivity contribution in [2.45, 2.75) is 25.4 Å². The Morgan fingerprint density at radius 1 is 1.35 bits per heavy atom. The number of benzene rings is 1. The highest BCUT2D eigenvalue weighted by atomic mass is 19.1. The molecule has 0 spiro atoms. The normalized spacial score (nSPS) is 13.9. The Bertz CT molecular complexity index is 532. The number of halogens is 2. The third-order valence-corrected chi connectivity index (χ3v) is 3.00. The predicted molar refractivity (Wildman–Crippen MR) is 66.0 cm³/mol. The van der Waals surface area contributed by atoms with Crippen LogP contribution in [0.3, 0.4) is 0 Å². The quantitative estimate of drug-likeness (QED) is 0.865. The van der Waals surface area contributed by atoms with Gasteiger partial charge in [0.15, 0.2) is 0 Å². The van der Waals surface area contributed by atoms with E-state index in [-0.39, 0.29) is 24.7 Å². The number of rotatable bonds is 5. The summed E-state index contributed by atoms with van der Waals surface area (Å²) >= 11 is 0. The van der Waals surface area contributed by atoms with E-state index in [4.69, 9.17) is 5.11 Å². The van der Waals surface area contributed by atoms with E-state index in [9.17, 15) is 18.4 Å². The zero-order valence-electron chi connectivity index (χ0n) is 10.6. The lowest BCUT2D eigenvalue weighted by Crippen LogP contribution is -2.43. The van der Waals surface area contributed by atoms with Crippen LogP contribution in [0.4, 0.5) is 13.6 Å². The Hall–Kier alpha value is -2.18. The van der Waals surface area contributed by atoms with Gasteiger partial charge in [-0.15, -0.1) is 0 Å². The predicted octanol–water partition coefficient (Wildman–Crippen LogP) is 1.72. The number of carboxylic acids is 1. The molecule has 1 aliphatic carbocycles. The summed E-state index contributed by atoms with van der Waals surface area (Å²) in [6.45, 7) is -0.504. The van der Waals surface area contributed by atoms with Crippen LogP contribution in [0.2, 0.25) is 0 Å². The maximum Gasteiger partial charge on any atom is 0.323 e. The molecule has 0 unspecified atom stereocenters. The van der Waals surface area contributed by atoms with E-state index in [1.165, 1.54) is 11.0 Å². The Kier molecular flexibility index (Phi) is 4.16. The molecule has 1 aromatic carbocycles. The van der Waals surface area contributed by atoms with Crippen LogP contribution in [0.1, 0.15) is 18.4 Å². The van der Waals surface area contributed by atoms with Crippen molar-refractivity contribution in [3.8, 4) is 0 Å². The van der Waals surface area contributed by atoms with Crippen molar-refractivity contribution in [3.63, 3.8) is 0 Å². The molecule has 1 aliphatic rings. The van der Waals surface area contributed by atoms with Crippen molar-refractivity contribution < 1.29 is 23.5 Å². The molecule has 0 saturated heterocycles. The van der Waals surface area contributed by atoms with Crippen molar-refractivity contribution in [2.24, 2.45) is 0 Å². The van der Waals surface area contributed by atoms with Crippen LogP contribution in [-0.4, -0.2) is 34.6 Å². The number of carbonyl (C=O) groups excluding carboxylic acids is 1. The Balaban J connectivity index is 1.94. The highest BCUT2D eigenvalue weighted by Gasteiger charge is 2.33. The zero-order chi connectivity index (χ0) is 14.7. The van der Waals surface area contributed by atoms with Gasteiger partial charge in [-0.25, -0.2) is 13.6 Å². The number of nitrogens with zero attached hydrogens (tertiary/aromatic N) is 1. The van der Waals surface area contributed by atoms with Crippen LogP contribution in [0.25, 0.3) is 0 Å². The van der Waals surface area contributed by atoms with Gasteiger partial charge in [-0.05, 0) is 18.9 Å². The minimum atomic E-state index is -1.10. The molecule has 0 atom stereocenters. The van der Waals surface area contributed by atoms with E-state index >= 15 is 0 Å². The first-order valence-corrected chi connectivity index (χ1v) is 6.17. The lowest BCUT2D eigenvalue weighted by Gasteiger charge is -2.20. The van der Waals surface area contributed by atoms with Crippen LogP contribution in [0.5, 0.6) is 0 Å². The second-order valence-corrected chi connectivity index (χ2v) is 4.65. The molecular formula is C13H14F2N2O3. The van der Waals surface area contributed by atoms with E-state index in [1.54, 1.807) is 0 Å². The Morgan fingerprint density at radius 2 is 2.05 bits per heavy atom. The molecule has 0 aliphatic heterocycles. The van der Waals surface area contributed by atoms with Crippen molar-refractivity contribution >= 4 is 12.0 Å². The summed E-state index contributed by atoms with van der Waals surface area (Å²) in [7, 11) is 0. The maximum absolute atomic E-state index is 13.4. The van der Waals surface area contributed by atoms with Crippen LogP contribution in [0.15, 0.2) is 18.2 Å². The average Bonchev–Trinajstić information content (AvgIpc) is 3.18. The largest absolute Gasteiger partial charge is 0.480 e. The molecule has 7 heteroatoms. The van der Waals surface area contributed by atoms with Crippen molar-refractivity contribution in [1.29, 1.82) is 0 Å². The highest BCUT2D eigenvalue weighted by molar-refractivity contribution is 5.80. The molecule has 0 heterocycles. The SMILES string of the molecule is O=C(O)CN(C(=O)NCc1ccc(F)cc1F)C1CC1. The van der Waals surface area contributed by atoms with Gasteiger partial charge < -0.3 is 15.3 Å². The fraction of sp³-hybridized carbons (Fsp3) is 0.385. The van der Waals surface area contributed by atoms with E-state index < -0.39 is 23.6 Å². The van der Waals surface area contributed by atoms with Gasteiger partial charge in [-0.3, -0.25) is 4.79 Å². The third-order valence-electron chi connectivity index (χ3n) is 3.00. The minimum Gasteiger partial charge on any atom is -0.480 e. The van der Waals surface area contributed by atoms with E-state index in [0.717, 1.165) is 25.0 Å². The van der Waals surface area contributed by atoms with E-state index in [2.05, 4.69) is 5.32 Å². The number of hydrogen-bond donors (Lipinski definition) is 2. The van der Waals surface area contributed by atoms with Gasteiger partial charge in [0.05, 0.1) is 0 Å². The number of carbonyl (C=O) groups is 2. The second-order valence-electron chi connectivity index (χ2n) is 4.65. The molecule has 2 amide bonds. The summed E-state index contributed by atoms with van der Waals surface area (Å²) in [6.07, 6.45) is 1.54. The molecule has 1 fully saturated rings. The topological polar surface area (TPSA) is 69.6 Å². The summed E-state index contributed by atoms with van der Waals surface area (Å²) < 4.78 is 26.1.